The van der Waals surface area contributed by atoms with Gasteiger partial charge in [0.15, 0.2) is 5.69 Å². The molecule has 1 aliphatic heterocycles. The molecule has 0 aliphatic carbocycles. The molecule has 1 saturated heterocycles. The molecule has 1 aromatic carbocycles. The molecule has 2 aromatic rings. The monoisotopic (exact) mass is 363 g/mol. The molecule has 6 nitrogen and oxygen atoms in total. The second-order valence-electron chi connectivity index (χ2n) is 5.79. The molecule has 8 heteroatoms. The third kappa shape index (κ3) is 3.61. The van der Waals surface area contributed by atoms with Gasteiger partial charge >= 0.3 is 5.97 Å². The first kappa shape index (κ1) is 17.3. The normalized spacial score (nSPS) is 16.9. The molecular weight excluding hydrogens is 349 g/mol. The lowest BCUT2D eigenvalue weighted by Crippen LogP contribution is -2.37. The highest BCUT2D eigenvalue weighted by Crippen LogP contribution is 2.27. The molecule has 1 N–H and O–H groups in total. The summed E-state index contributed by atoms with van der Waals surface area (Å²) in [6.07, 6.45) is 4.05. The van der Waals surface area contributed by atoms with E-state index in [4.69, 9.17) is 16.7 Å². The predicted octanol–water partition coefficient (Wildman–Crippen LogP) is 2.81. The first-order chi connectivity index (χ1) is 12.0. The number of nitrogens with zero attached hydrogens (tertiary/aromatic N) is 3. The van der Waals surface area contributed by atoms with Crippen LogP contribution in [0.5, 0.6) is 0 Å². The van der Waals surface area contributed by atoms with Crippen molar-refractivity contribution in [3.8, 4) is 0 Å². The second kappa shape index (κ2) is 7.14. The Morgan fingerprint density at radius 3 is 2.64 bits per heavy atom. The summed E-state index contributed by atoms with van der Waals surface area (Å²) < 4.78 is 14.0. The van der Waals surface area contributed by atoms with Gasteiger partial charge in [-0.15, -0.1) is 0 Å². The summed E-state index contributed by atoms with van der Waals surface area (Å²) in [4.78, 5) is 32.7. The summed E-state index contributed by atoms with van der Waals surface area (Å²) in [5, 5.41) is 9.18. The number of carbonyl (C=O) groups is 2. The van der Waals surface area contributed by atoms with Crippen molar-refractivity contribution in [1.82, 2.24) is 14.9 Å². The quantitative estimate of drug-likeness (QED) is 0.903. The smallest absolute Gasteiger partial charge is 0.356 e. The zero-order chi connectivity index (χ0) is 18.0. The van der Waals surface area contributed by atoms with Crippen LogP contribution in [0.2, 0.25) is 5.02 Å². The summed E-state index contributed by atoms with van der Waals surface area (Å²) in [5.41, 5.74) is 0.227. The fraction of sp³-hybridized carbons (Fsp3) is 0.294. The number of carbonyl (C=O) groups excluding carboxylic acids is 1. The van der Waals surface area contributed by atoms with E-state index < -0.39 is 11.8 Å². The molecule has 1 unspecified atom stereocenters. The van der Waals surface area contributed by atoms with Crippen molar-refractivity contribution in [3.05, 3.63) is 58.4 Å². The molecule has 1 amide bonds. The van der Waals surface area contributed by atoms with E-state index in [1.807, 2.05) is 0 Å². The third-order valence-corrected chi connectivity index (χ3v) is 4.58. The molecular formula is C17H15ClFN3O3. The predicted molar refractivity (Wildman–Crippen MR) is 88.2 cm³/mol. The average Bonchev–Trinajstić information content (AvgIpc) is 3.06. The van der Waals surface area contributed by atoms with Gasteiger partial charge in [0, 0.05) is 23.2 Å². The van der Waals surface area contributed by atoms with Crippen molar-refractivity contribution in [1.29, 1.82) is 0 Å². The number of carboxylic acid groups (broad SMARTS) is 1. The third-order valence-electron chi connectivity index (χ3n) is 4.23. The first-order valence-electron chi connectivity index (χ1n) is 7.76. The Morgan fingerprint density at radius 2 is 2.00 bits per heavy atom. The Balaban J connectivity index is 1.79. The number of hydrogen-bond donors (Lipinski definition) is 1. The Bertz CT molecular complexity index is 793. The van der Waals surface area contributed by atoms with E-state index in [1.54, 1.807) is 17.0 Å². The Labute approximate surface area is 148 Å². The summed E-state index contributed by atoms with van der Waals surface area (Å²) in [5.74, 6) is -1.95. The zero-order valence-electron chi connectivity index (χ0n) is 13.2. The molecule has 2 heterocycles. The zero-order valence-corrected chi connectivity index (χ0v) is 13.9. The van der Waals surface area contributed by atoms with Crippen molar-refractivity contribution in [2.24, 2.45) is 0 Å². The van der Waals surface area contributed by atoms with Crippen LogP contribution in [0, 0.1) is 5.82 Å². The van der Waals surface area contributed by atoms with Crippen LogP contribution in [0.25, 0.3) is 0 Å². The average molecular weight is 364 g/mol. The molecule has 1 aliphatic rings. The lowest BCUT2D eigenvalue weighted by atomic mass is 10.0. The molecule has 1 atom stereocenters. The van der Waals surface area contributed by atoms with E-state index in [2.05, 4.69) is 9.97 Å². The SMILES string of the molecule is O=C(O)c1cnc(C(=O)N2CCCC2Cc2c(F)cccc2Cl)cn1. The van der Waals surface area contributed by atoms with E-state index in [0.717, 1.165) is 25.2 Å². The van der Waals surface area contributed by atoms with Crippen LogP contribution in [0.1, 0.15) is 39.4 Å². The maximum Gasteiger partial charge on any atom is 0.356 e. The van der Waals surface area contributed by atoms with E-state index in [1.165, 1.54) is 6.07 Å². The lowest BCUT2D eigenvalue weighted by Gasteiger charge is -2.25. The Hall–Kier alpha value is -2.54. The molecule has 25 heavy (non-hydrogen) atoms. The maximum atomic E-state index is 14.0. The van der Waals surface area contributed by atoms with Crippen LogP contribution in [-0.4, -0.2) is 44.4 Å². The Kier molecular flexibility index (Phi) is 4.94. The van der Waals surface area contributed by atoms with Gasteiger partial charge in [-0.05, 0) is 31.4 Å². The van der Waals surface area contributed by atoms with Crippen molar-refractivity contribution < 1.29 is 19.1 Å². The number of likely N-dealkylation sites (tertiary alicyclic amines) is 1. The van der Waals surface area contributed by atoms with Gasteiger partial charge in [0.25, 0.3) is 5.91 Å². The fourth-order valence-electron chi connectivity index (χ4n) is 2.97. The van der Waals surface area contributed by atoms with E-state index in [0.29, 0.717) is 23.6 Å². The minimum Gasteiger partial charge on any atom is -0.476 e. The van der Waals surface area contributed by atoms with Crippen LogP contribution in [-0.2, 0) is 6.42 Å². The summed E-state index contributed by atoms with van der Waals surface area (Å²) in [6, 6.07) is 4.32. The van der Waals surface area contributed by atoms with E-state index >= 15 is 0 Å². The van der Waals surface area contributed by atoms with Gasteiger partial charge in [0.2, 0.25) is 0 Å². The highest BCUT2D eigenvalue weighted by atomic mass is 35.5. The Morgan fingerprint density at radius 1 is 1.28 bits per heavy atom. The standard InChI is InChI=1S/C17H15ClFN3O3/c18-12-4-1-5-13(19)11(12)7-10-3-2-6-22(10)16(23)14-8-21-15(9-20-14)17(24)25/h1,4-5,8-10H,2-3,6-7H2,(H,24,25). The van der Waals surface area contributed by atoms with Crippen molar-refractivity contribution in [3.63, 3.8) is 0 Å². The highest BCUT2D eigenvalue weighted by molar-refractivity contribution is 6.31. The fourth-order valence-corrected chi connectivity index (χ4v) is 3.21. The second-order valence-corrected chi connectivity index (χ2v) is 6.20. The van der Waals surface area contributed by atoms with Gasteiger partial charge in [-0.1, -0.05) is 17.7 Å². The highest BCUT2D eigenvalue weighted by Gasteiger charge is 2.31. The van der Waals surface area contributed by atoms with Crippen molar-refractivity contribution in [2.75, 3.05) is 6.54 Å². The van der Waals surface area contributed by atoms with Gasteiger partial charge in [-0.25, -0.2) is 19.2 Å². The molecule has 3 rings (SSSR count). The number of carboxylic acids is 1. The summed E-state index contributed by atoms with van der Waals surface area (Å²) in [7, 11) is 0. The van der Waals surface area contributed by atoms with E-state index in [9.17, 15) is 14.0 Å². The number of amides is 1. The first-order valence-corrected chi connectivity index (χ1v) is 8.14. The molecule has 0 radical (unpaired) electrons. The number of hydrogen-bond acceptors (Lipinski definition) is 4. The molecule has 0 bridgehead atoms. The van der Waals surface area contributed by atoms with Crippen molar-refractivity contribution in [2.45, 2.75) is 25.3 Å². The minimum absolute atomic E-state index is 0.0662. The largest absolute Gasteiger partial charge is 0.476 e. The van der Waals surface area contributed by atoms with Gasteiger partial charge in [0.05, 0.1) is 12.4 Å². The number of benzene rings is 1. The lowest BCUT2D eigenvalue weighted by molar-refractivity contribution is 0.0683. The number of rotatable bonds is 4. The number of halogens is 2. The van der Waals surface area contributed by atoms with Gasteiger partial charge in [-0.3, -0.25) is 4.79 Å². The van der Waals surface area contributed by atoms with Crippen LogP contribution in [0.3, 0.4) is 0 Å². The van der Waals surface area contributed by atoms with Crippen LogP contribution in [0.4, 0.5) is 4.39 Å². The maximum absolute atomic E-state index is 14.0. The van der Waals surface area contributed by atoms with E-state index in [-0.39, 0.29) is 23.3 Å². The summed E-state index contributed by atoms with van der Waals surface area (Å²) in [6.45, 7) is 0.526. The van der Waals surface area contributed by atoms with Crippen molar-refractivity contribution >= 4 is 23.5 Å². The molecule has 1 fully saturated rings. The van der Waals surface area contributed by atoms with Gasteiger partial charge in [-0.2, -0.15) is 0 Å². The number of aromatic nitrogens is 2. The topological polar surface area (TPSA) is 83.4 Å². The van der Waals surface area contributed by atoms with Gasteiger partial charge in [0.1, 0.15) is 11.5 Å². The molecule has 0 spiro atoms. The van der Waals surface area contributed by atoms with Crippen LogP contribution in [0.15, 0.2) is 30.6 Å². The van der Waals surface area contributed by atoms with Gasteiger partial charge < -0.3 is 10.0 Å². The molecule has 1 aromatic heterocycles. The molecule has 0 saturated carbocycles. The minimum atomic E-state index is -1.21. The molecule has 130 valence electrons. The number of aromatic carboxylic acids is 1. The van der Waals surface area contributed by atoms with Crippen LogP contribution >= 0.6 is 11.6 Å². The summed E-state index contributed by atoms with van der Waals surface area (Å²) >= 11 is 6.08. The van der Waals surface area contributed by atoms with Crippen LogP contribution < -0.4 is 0 Å².